The highest BCUT2D eigenvalue weighted by Crippen LogP contribution is 2.43. The van der Waals surface area contributed by atoms with Crippen LogP contribution < -0.4 is 10.4 Å². The third-order valence-corrected chi connectivity index (χ3v) is 7.26. The standard InChI is InChI=1S/C20H28N4O2S3/c1-20(2)18(23(19(27)29-20)21-13-17(25)28-3)24(26)16-11-9-15(10-12-16)22-14-7-5-4-6-8-14/h9-14,18,22,26H,4-8H2,1-3H3. The number of nitrogens with zero attached hydrogens (tertiary/aromatic N) is 3. The quantitative estimate of drug-likeness (QED) is 0.357. The van der Waals surface area contributed by atoms with Gasteiger partial charge < -0.3 is 5.32 Å². The highest BCUT2D eigenvalue weighted by Gasteiger charge is 2.48. The van der Waals surface area contributed by atoms with E-state index in [2.05, 4.69) is 10.4 Å². The summed E-state index contributed by atoms with van der Waals surface area (Å²) in [4.78, 5) is 11.6. The minimum absolute atomic E-state index is 0.163. The van der Waals surface area contributed by atoms with Crippen molar-refractivity contribution in [3.05, 3.63) is 24.3 Å². The summed E-state index contributed by atoms with van der Waals surface area (Å²) in [6, 6.07) is 8.29. The number of hydrazone groups is 1. The lowest BCUT2D eigenvalue weighted by Crippen LogP contribution is -2.51. The molecule has 2 fully saturated rings. The van der Waals surface area contributed by atoms with Gasteiger partial charge in [-0.1, -0.05) is 55.0 Å². The van der Waals surface area contributed by atoms with Crippen molar-refractivity contribution >= 4 is 62.8 Å². The molecular weight excluding hydrogens is 424 g/mol. The van der Waals surface area contributed by atoms with Crippen molar-refractivity contribution in [2.75, 3.05) is 16.6 Å². The third-order valence-electron chi connectivity index (χ3n) is 5.22. The Hall–Kier alpha value is -1.29. The van der Waals surface area contributed by atoms with E-state index in [0.717, 1.165) is 17.4 Å². The van der Waals surface area contributed by atoms with Crippen LogP contribution in [-0.2, 0) is 4.79 Å². The highest BCUT2D eigenvalue weighted by atomic mass is 32.2. The van der Waals surface area contributed by atoms with Crippen LogP contribution in [0.15, 0.2) is 29.4 Å². The van der Waals surface area contributed by atoms with Crippen LogP contribution in [-0.4, -0.2) is 49.1 Å². The van der Waals surface area contributed by atoms with Crippen LogP contribution in [0.25, 0.3) is 0 Å². The average Bonchev–Trinajstić information content (AvgIpc) is 2.94. The molecule has 1 saturated heterocycles. The summed E-state index contributed by atoms with van der Waals surface area (Å²) in [6.45, 7) is 4.01. The fourth-order valence-electron chi connectivity index (χ4n) is 3.72. The lowest BCUT2D eigenvalue weighted by atomic mass is 9.95. The summed E-state index contributed by atoms with van der Waals surface area (Å²) in [6.07, 6.45) is 8.73. The molecule has 0 aromatic heterocycles. The van der Waals surface area contributed by atoms with Crippen molar-refractivity contribution in [3.8, 4) is 0 Å². The lowest BCUT2D eigenvalue weighted by molar-refractivity contribution is -0.105. The molecule has 158 valence electrons. The van der Waals surface area contributed by atoms with Gasteiger partial charge in [-0.3, -0.25) is 10.0 Å². The van der Waals surface area contributed by atoms with E-state index in [1.54, 1.807) is 11.3 Å². The molecule has 3 rings (SSSR count). The molecule has 29 heavy (non-hydrogen) atoms. The number of rotatable bonds is 6. The van der Waals surface area contributed by atoms with Crippen molar-refractivity contribution in [2.24, 2.45) is 5.10 Å². The number of anilines is 2. The maximum absolute atomic E-state index is 11.6. The third kappa shape index (κ3) is 5.45. The fourth-order valence-corrected chi connectivity index (χ4v) is 5.66. The molecule has 1 aliphatic heterocycles. The van der Waals surface area contributed by atoms with Crippen LogP contribution in [0.2, 0.25) is 0 Å². The first-order chi connectivity index (χ1) is 13.8. The molecule has 1 atom stereocenters. The van der Waals surface area contributed by atoms with E-state index in [9.17, 15) is 10.0 Å². The second-order valence-electron chi connectivity index (χ2n) is 7.83. The zero-order valence-electron chi connectivity index (χ0n) is 17.0. The normalized spacial score (nSPS) is 22.3. The second-order valence-corrected chi connectivity index (χ2v) is 10.9. The predicted octanol–water partition coefficient (Wildman–Crippen LogP) is 4.94. The first kappa shape index (κ1) is 22.4. The van der Waals surface area contributed by atoms with Gasteiger partial charge in [0.25, 0.3) is 0 Å². The molecular formula is C20H28N4O2S3. The maximum atomic E-state index is 11.6. The van der Waals surface area contributed by atoms with E-state index in [0.29, 0.717) is 16.0 Å². The number of benzene rings is 1. The maximum Gasteiger partial charge on any atom is 0.231 e. The van der Waals surface area contributed by atoms with E-state index in [1.165, 1.54) is 55.1 Å². The summed E-state index contributed by atoms with van der Waals surface area (Å²) >= 11 is 7.99. The first-order valence-electron chi connectivity index (χ1n) is 9.80. The molecule has 6 nitrogen and oxygen atoms in total. The number of hydrogen-bond donors (Lipinski definition) is 2. The molecule has 0 spiro atoms. The second kappa shape index (κ2) is 9.68. The summed E-state index contributed by atoms with van der Waals surface area (Å²) in [5.74, 6) is 0. The molecule has 1 aromatic rings. The molecule has 0 bridgehead atoms. The van der Waals surface area contributed by atoms with Gasteiger partial charge in [0.2, 0.25) is 5.12 Å². The molecule has 0 amide bonds. The Labute approximate surface area is 186 Å². The number of thioether (sulfide) groups is 2. The van der Waals surface area contributed by atoms with Gasteiger partial charge in [0.15, 0.2) is 10.5 Å². The molecule has 1 unspecified atom stereocenters. The lowest BCUT2D eigenvalue weighted by Gasteiger charge is -2.35. The first-order valence-corrected chi connectivity index (χ1v) is 12.3. The van der Waals surface area contributed by atoms with Crippen LogP contribution in [0.3, 0.4) is 0 Å². The van der Waals surface area contributed by atoms with Gasteiger partial charge in [0.1, 0.15) is 6.21 Å². The van der Waals surface area contributed by atoms with Crippen LogP contribution in [0.4, 0.5) is 11.4 Å². The molecule has 1 heterocycles. The monoisotopic (exact) mass is 452 g/mol. The highest BCUT2D eigenvalue weighted by molar-refractivity contribution is 8.24. The molecule has 2 N–H and O–H groups in total. The number of thiocarbonyl (C=S) groups is 1. The molecule has 2 aliphatic rings. The Morgan fingerprint density at radius 2 is 2.00 bits per heavy atom. The Kier molecular flexibility index (Phi) is 7.47. The van der Waals surface area contributed by atoms with Gasteiger partial charge in [-0.15, -0.1) is 0 Å². The van der Waals surface area contributed by atoms with E-state index in [4.69, 9.17) is 12.2 Å². The van der Waals surface area contributed by atoms with Gasteiger partial charge in [-0.25, -0.2) is 10.1 Å². The van der Waals surface area contributed by atoms with Gasteiger partial charge >= 0.3 is 0 Å². The zero-order valence-corrected chi connectivity index (χ0v) is 19.4. The molecule has 1 saturated carbocycles. The molecule has 0 radical (unpaired) electrons. The zero-order chi connectivity index (χ0) is 21.0. The van der Waals surface area contributed by atoms with E-state index < -0.39 is 10.9 Å². The average molecular weight is 453 g/mol. The largest absolute Gasteiger partial charge is 0.382 e. The van der Waals surface area contributed by atoms with Gasteiger partial charge in [-0.05, 0) is 57.2 Å². The smallest absolute Gasteiger partial charge is 0.231 e. The molecule has 1 aliphatic carbocycles. The Morgan fingerprint density at radius 1 is 1.34 bits per heavy atom. The number of carbonyl (C=O) groups excluding carboxylic acids is 1. The van der Waals surface area contributed by atoms with Crippen LogP contribution in [0.1, 0.15) is 46.0 Å². The van der Waals surface area contributed by atoms with Crippen molar-refractivity contribution in [2.45, 2.75) is 62.9 Å². The van der Waals surface area contributed by atoms with Gasteiger partial charge in [0.05, 0.1) is 10.4 Å². The number of hydroxylamine groups is 1. The van der Waals surface area contributed by atoms with Crippen LogP contribution in [0, 0.1) is 0 Å². The van der Waals surface area contributed by atoms with Crippen molar-refractivity contribution in [3.63, 3.8) is 0 Å². The SMILES string of the molecule is CSC(=O)C=NN1C(=S)SC(C)(C)C1N(O)c1ccc(NC2CCCCC2)cc1. The van der Waals surface area contributed by atoms with E-state index >= 15 is 0 Å². The van der Waals surface area contributed by atoms with E-state index in [1.807, 2.05) is 38.1 Å². The van der Waals surface area contributed by atoms with Crippen molar-refractivity contribution in [1.82, 2.24) is 5.01 Å². The van der Waals surface area contributed by atoms with Crippen molar-refractivity contribution < 1.29 is 10.0 Å². The van der Waals surface area contributed by atoms with Crippen LogP contribution in [0.5, 0.6) is 0 Å². The summed E-state index contributed by atoms with van der Waals surface area (Å²) < 4.78 is 0.115. The number of nitrogens with one attached hydrogen (secondary N) is 1. The molecule has 1 aromatic carbocycles. The van der Waals surface area contributed by atoms with E-state index in [-0.39, 0.29) is 5.12 Å². The topological polar surface area (TPSA) is 68.2 Å². The minimum atomic E-state index is -0.525. The summed E-state index contributed by atoms with van der Waals surface area (Å²) in [7, 11) is 0. The summed E-state index contributed by atoms with van der Waals surface area (Å²) in [5.41, 5.74) is 1.71. The van der Waals surface area contributed by atoms with Crippen LogP contribution >= 0.6 is 35.7 Å². The van der Waals surface area contributed by atoms with Crippen molar-refractivity contribution in [1.29, 1.82) is 0 Å². The Balaban J connectivity index is 1.75. The minimum Gasteiger partial charge on any atom is -0.382 e. The Morgan fingerprint density at radius 3 is 2.62 bits per heavy atom. The number of carbonyl (C=O) groups is 1. The van der Waals surface area contributed by atoms with Gasteiger partial charge in [0, 0.05) is 11.7 Å². The number of hydrogen-bond acceptors (Lipinski definition) is 8. The Bertz CT molecular complexity index is 763. The predicted molar refractivity (Wildman–Crippen MR) is 128 cm³/mol. The molecule has 9 heteroatoms. The van der Waals surface area contributed by atoms with Gasteiger partial charge in [-0.2, -0.15) is 5.10 Å². The summed E-state index contributed by atoms with van der Waals surface area (Å²) in [5, 5.41) is 21.4. The fraction of sp³-hybridized carbons (Fsp3) is 0.550.